The van der Waals surface area contributed by atoms with E-state index in [0.717, 1.165) is 25.7 Å². The number of ether oxygens (including phenoxy) is 2. The maximum Gasteiger partial charge on any atom is 0.300 e. The molecule has 0 aromatic carbocycles. The minimum absolute atomic E-state index is 0.190. The number of amides is 1. The van der Waals surface area contributed by atoms with Gasteiger partial charge in [-0.1, -0.05) is 0 Å². The van der Waals surface area contributed by atoms with E-state index in [1.165, 1.54) is 0 Å². The summed E-state index contributed by atoms with van der Waals surface area (Å²) >= 11 is 0. The summed E-state index contributed by atoms with van der Waals surface area (Å²) in [6.07, 6.45) is 4.63. The Balaban J connectivity index is 1.81. The first-order valence-electron chi connectivity index (χ1n) is 6.47. The molecule has 1 aromatic rings. The SMILES string of the molecule is COC1CCCC(OCc2ccc(C(=O)NN)o2)C1. The van der Waals surface area contributed by atoms with E-state index >= 15 is 0 Å². The number of rotatable bonds is 5. The number of carbonyl (C=O) groups is 1. The molecule has 1 aliphatic carbocycles. The molecular formula is C13H20N2O4. The third-order valence-electron chi connectivity index (χ3n) is 3.39. The number of methoxy groups -OCH3 is 1. The highest BCUT2D eigenvalue weighted by Crippen LogP contribution is 2.24. The minimum Gasteiger partial charge on any atom is -0.453 e. The Morgan fingerprint density at radius 3 is 3.00 bits per heavy atom. The highest BCUT2D eigenvalue weighted by Gasteiger charge is 2.22. The fourth-order valence-electron chi connectivity index (χ4n) is 2.32. The van der Waals surface area contributed by atoms with Gasteiger partial charge in [0.1, 0.15) is 12.4 Å². The van der Waals surface area contributed by atoms with E-state index < -0.39 is 5.91 Å². The molecule has 0 aliphatic heterocycles. The van der Waals surface area contributed by atoms with Crippen LogP contribution >= 0.6 is 0 Å². The van der Waals surface area contributed by atoms with Crippen LogP contribution in [0.3, 0.4) is 0 Å². The van der Waals surface area contributed by atoms with Crippen LogP contribution in [0.1, 0.15) is 42.0 Å². The fraction of sp³-hybridized carbons (Fsp3) is 0.615. The standard InChI is InChI=1S/C13H20N2O4/c1-17-9-3-2-4-10(7-9)18-8-11-5-6-12(19-11)13(16)15-14/h5-6,9-10H,2-4,7-8,14H2,1H3,(H,15,16). The molecule has 2 unspecified atom stereocenters. The van der Waals surface area contributed by atoms with Crippen molar-refractivity contribution in [2.75, 3.05) is 7.11 Å². The van der Waals surface area contributed by atoms with Crippen molar-refractivity contribution in [2.45, 2.75) is 44.5 Å². The van der Waals surface area contributed by atoms with Gasteiger partial charge in [0.05, 0.1) is 12.2 Å². The maximum atomic E-state index is 11.2. The lowest BCUT2D eigenvalue weighted by Crippen LogP contribution is -2.29. The van der Waals surface area contributed by atoms with Crippen molar-refractivity contribution in [2.24, 2.45) is 5.84 Å². The largest absolute Gasteiger partial charge is 0.453 e. The zero-order chi connectivity index (χ0) is 13.7. The Kier molecular flexibility index (Phi) is 4.95. The van der Waals surface area contributed by atoms with Crippen LogP contribution in [-0.2, 0) is 16.1 Å². The second kappa shape index (κ2) is 6.70. The topological polar surface area (TPSA) is 86.7 Å². The number of nitrogen functional groups attached to an aromatic ring is 1. The van der Waals surface area contributed by atoms with E-state index in [9.17, 15) is 4.79 Å². The number of carbonyl (C=O) groups excluding carboxylic acids is 1. The van der Waals surface area contributed by atoms with Crippen molar-refractivity contribution in [3.8, 4) is 0 Å². The summed E-state index contributed by atoms with van der Waals surface area (Å²) in [7, 11) is 1.73. The van der Waals surface area contributed by atoms with Gasteiger partial charge in [-0.05, 0) is 37.8 Å². The Hall–Kier alpha value is -1.37. The Labute approximate surface area is 112 Å². The van der Waals surface area contributed by atoms with E-state index in [-0.39, 0.29) is 18.0 Å². The van der Waals surface area contributed by atoms with Crippen molar-refractivity contribution < 1.29 is 18.7 Å². The van der Waals surface area contributed by atoms with Crippen molar-refractivity contribution in [3.63, 3.8) is 0 Å². The molecule has 19 heavy (non-hydrogen) atoms. The molecule has 1 saturated carbocycles. The van der Waals surface area contributed by atoms with E-state index in [1.807, 2.05) is 5.43 Å². The van der Waals surface area contributed by atoms with Crippen molar-refractivity contribution in [3.05, 3.63) is 23.7 Å². The van der Waals surface area contributed by atoms with E-state index in [4.69, 9.17) is 19.7 Å². The number of nitrogens with one attached hydrogen (secondary N) is 1. The molecule has 1 aromatic heterocycles. The number of hydrazine groups is 1. The smallest absolute Gasteiger partial charge is 0.300 e. The van der Waals surface area contributed by atoms with Crippen molar-refractivity contribution >= 4 is 5.91 Å². The van der Waals surface area contributed by atoms with Gasteiger partial charge < -0.3 is 13.9 Å². The molecule has 0 spiro atoms. The summed E-state index contributed by atoms with van der Waals surface area (Å²) in [5, 5.41) is 0. The molecule has 106 valence electrons. The van der Waals surface area contributed by atoms with Crippen LogP contribution in [0.25, 0.3) is 0 Å². The lowest BCUT2D eigenvalue weighted by atomic mass is 9.95. The van der Waals surface area contributed by atoms with Gasteiger partial charge in [0.15, 0.2) is 5.76 Å². The first-order valence-corrected chi connectivity index (χ1v) is 6.47. The molecule has 1 amide bonds. The monoisotopic (exact) mass is 268 g/mol. The van der Waals surface area contributed by atoms with Gasteiger partial charge in [-0.3, -0.25) is 10.2 Å². The fourth-order valence-corrected chi connectivity index (χ4v) is 2.32. The average Bonchev–Trinajstić information content (AvgIpc) is 2.93. The number of hydrogen-bond acceptors (Lipinski definition) is 5. The zero-order valence-electron chi connectivity index (χ0n) is 11.1. The van der Waals surface area contributed by atoms with E-state index in [1.54, 1.807) is 19.2 Å². The lowest BCUT2D eigenvalue weighted by molar-refractivity contribution is -0.0406. The second-order valence-corrected chi connectivity index (χ2v) is 4.70. The summed E-state index contributed by atoms with van der Waals surface area (Å²) in [6, 6.07) is 3.31. The van der Waals surface area contributed by atoms with Crippen LogP contribution < -0.4 is 11.3 Å². The van der Waals surface area contributed by atoms with Gasteiger partial charge >= 0.3 is 5.91 Å². The quantitative estimate of drug-likeness (QED) is 0.478. The molecule has 2 atom stereocenters. The highest BCUT2D eigenvalue weighted by molar-refractivity contribution is 5.90. The predicted octanol–water partition coefficient (Wildman–Crippen LogP) is 1.36. The lowest BCUT2D eigenvalue weighted by Gasteiger charge is -2.27. The van der Waals surface area contributed by atoms with E-state index in [0.29, 0.717) is 12.4 Å². The second-order valence-electron chi connectivity index (χ2n) is 4.70. The molecule has 6 heteroatoms. The van der Waals surface area contributed by atoms with Crippen molar-refractivity contribution in [1.29, 1.82) is 0 Å². The van der Waals surface area contributed by atoms with Crippen molar-refractivity contribution in [1.82, 2.24) is 5.43 Å². The molecule has 3 N–H and O–H groups in total. The molecule has 1 heterocycles. The summed E-state index contributed by atoms with van der Waals surface area (Å²) in [5.74, 6) is 5.41. The molecule has 1 fully saturated rings. The van der Waals surface area contributed by atoms with Gasteiger partial charge in [-0.15, -0.1) is 0 Å². The molecule has 0 radical (unpaired) electrons. The number of nitrogens with two attached hydrogens (primary N) is 1. The summed E-state index contributed by atoms with van der Waals surface area (Å²) < 4.78 is 16.5. The average molecular weight is 268 g/mol. The van der Waals surface area contributed by atoms with Gasteiger partial charge in [0.2, 0.25) is 0 Å². The van der Waals surface area contributed by atoms with Gasteiger partial charge in [-0.2, -0.15) is 0 Å². The summed E-state index contributed by atoms with van der Waals surface area (Å²) in [6.45, 7) is 0.360. The zero-order valence-corrected chi connectivity index (χ0v) is 11.1. The number of hydrogen-bond donors (Lipinski definition) is 2. The molecule has 0 bridgehead atoms. The van der Waals surface area contributed by atoms with Crippen LogP contribution in [0.4, 0.5) is 0 Å². The molecule has 0 saturated heterocycles. The first kappa shape index (κ1) is 14.0. The van der Waals surface area contributed by atoms with Crippen LogP contribution in [0.5, 0.6) is 0 Å². The summed E-state index contributed by atoms with van der Waals surface area (Å²) in [4.78, 5) is 11.2. The molecule has 2 rings (SSSR count). The van der Waals surface area contributed by atoms with Gasteiger partial charge in [-0.25, -0.2) is 5.84 Å². The third kappa shape index (κ3) is 3.79. The van der Waals surface area contributed by atoms with Crippen LogP contribution in [0.2, 0.25) is 0 Å². The van der Waals surface area contributed by atoms with Crippen LogP contribution in [0.15, 0.2) is 16.5 Å². The first-order chi connectivity index (χ1) is 9.22. The maximum absolute atomic E-state index is 11.2. The molecular weight excluding hydrogens is 248 g/mol. The third-order valence-corrected chi connectivity index (χ3v) is 3.39. The minimum atomic E-state index is -0.441. The van der Waals surface area contributed by atoms with Gasteiger partial charge in [0, 0.05) is 7.11 Å². The predicted molar refractivity (Wildman–Crippen MR) is 68.2 cm³/mol. The van der Waals surface area contributed by atoms with Crippen LogP contribution in [-0.4, -0.2) is 25.2 Å². The Morgan fingerprint density at radius 2 is 2.26 bits per heavy atom. The van der Waals surface area contributed by atoms with E-state index in [2.05, 4.69) is 0 Å². The highest BCUT2D eigenvalue weighted by atomic mass is 16.5. The Morgan fingerprint density at radius 1 is 1.47 bits per heavy atom. The Bertz CT molecular complexity index is 419. The normalized spacial score (nSPS) is 23.3. The molecule has 6 nitrogen and oxygen atoms in total. The summed E-state index contributed by atoms with van der Waals surface area (Å²) in [5.41, 5.74) is 2.02. The van der Waals surface area contributed by atoms with Gasteiger partial charge in [0.25, 0.3) is 0 Å². The molecule has 1 aliphatic rings. The van der Waals surface area contributed by atoms with Crippen LogP contribution in [0, 0.1) is 0 Å². The number of furan rings is 1.